The topological polar surface area (TPSA) is 58.5 Å². The molecule has 1 aliphatic carbocycles. The number of hydrogen-bond acceptors (Lipinski definition) is 3. The minimum Gasteiger partial charge on any atom is -0.468 e. The average Bonchev–Trinajstić information content (AvgIpc) is 3.04. The standard InChI is InChI=1S/C16H21F3N4O/c1-2-20-15(23-13-5-3-4-6-13)22-10-12-7-8-14(21-9-12)24-11-16(17,18)19/h3-4,7-9,13H,2,5-6,10-11H2,1H3,(H2,20,22,23). The van der Waals surface area contributed by atoms with Gasteiger partial charge >= 0.3 is 6.18 Å². The minimum absolute atomic E-state index is 0.0536. The van der Waals surface area contributed by atoms with Crippen LogP contribution in [0.25, 0.3) is 0 Å². The fourth-order valence-corrected chi connectivity index (χ4v) is 2.16. The van der Waals surface area contributed by atoms with Crippen molar-refractivity contribution in [1.29, 1.82) is 0 Å². The van der Waals surface area contributed by atoms with Crippen LogP contribution in [0.3, 0.4) is 0 Å². The quantitative estimate of drug-likeness (QED) is 0.474. The first kappa shape index (κ1) is 18.1. The number of rotatable bonds is 6. The summed E-state index contributed by atoms with van der Waals surface area (Å²) in [6, 6.07) is 3.42. The van der Waals surface area contributed by atoms with Crippen molar-refractivity contribution in [2.45, 2.75) is 38.5 Å². The van der Waals surface area contributed by atoms with Crippen LogP contribution < -0.4 is 15.4 Å². The Labute approximate surface area is 139 Å². The molecular formula is C16H21F3N4O. The van der Waals surface area contributed by atoms with E-state index >= 15 is 0 Å². The lowest BCUT2D eigenvalue weighted by atomic mass is 10.2. The number of ether oxygens (including phenoxy) is 1. The first-order valence-electron chi connectivity index (χ1n) is 7.80. The molecule has 1 aliphatic rings. The summed E-state index contributed by atoms with van der Waals surface area (Å²) < 4.78 is 40.8. The largest absolute Gasteiger partial charge is 0.468 e. The van der Waals surface area contributed by atoms with Crippen LogP contribution in [0.15, 0.2) is 35.5 Å². The molecule has 0 fully saturated rings. The van der Waals surface area contributed by atoms with Crippen molar-refractivity contribution >= 4 is 5.96 Å². The molecule has 8 heteroatoms. The van der Waals surface area contributed by atoms with Gasteiger partial charge in [-0.2, -0.15) is 13.2 Å². The maximum Gasteiger partial charge on any atom is 0.422 e. The second kappa shape index (κ2) is 8.56. The Hall–Kier alpha value is -2.25. The number of nitrogens with one attached hydrogen (secondary N) is 2. The molecule has 0 aliphatic heterocycles. The van der Waals surface area contributed by atoms with Gasteiger partial charge in [0.2, 0.25) is 5.88 Å². The maximum absolute atomic E-state index is 12.1. The highest BCUT2D eigenvalue weighted by Gasteiger charge is 2.28. The summed E-state index contributed by atoms with van der Waals surface area (Å²) in [4.78, 5) is 8.33. The van der Waals surface area contributed by atoms with Crippen molar-refractivity contribution in [3.63, 3.8) is 0 Å². The van der Waals surface area contributed by atoms with Crippen LogP contribution in [-0.4, -0.2) is 36.3 Å². The van der Waals surface area contributed by atoms with E-state index in [0.717, 1.165) is 24.9 Å². The third kappa shape index (κ3) is 6.47. The molecule has 0 atom stereocenters. The molecule has 0 radical (unpaired) electrons. The third-order valence-corrected chi connectivity index (χ3v) is 3.29. The smallest absolute Gasteiger partial charge is 0.422 e. The SMILES string of the molecule is CCNC(=NCc1ccc(OCC(F)(F)F)nc1)NC1CC=CC1. The van der Waals surface area contributed by atoms with Gasteiger partial charge in [-0.3, -0.25) is 0 Å². The van der Waals surface area contributed by atoms with E-state index in [2.05, 4.69) is 37.5 Å². The summed E-state index contributed by atoms with van der Waals surface area (Å²) in [7, 11) is 0. The molecular weight excluding hydrogens is 321 g/mol. The van der Waals surface area contributed by atoms with Crippen LogP contribution >= 0.6 is 0 Å². The van der Waals surface area contributed by atoms with Crippen molar-refractivity contribution in [2.75, 3.05) is 13.2 Å². The first-order chi connectivity index (χ1) is 11.5. The van der Waals surface area contributed by atoms with E-state index in [-0.39, 0.29) is 5.88 Å². The molecule has 132 valence electrons. The Balaban J connectivity index is 1.88. The van der Waals surface area contributed by atoms with Crippen molar-refractivity contribution in [2.24, 2.45) is 4.99 Å². The fourth-order valence-electron chi connectivity index (χ4n) is 2.16. The van der Waals surface area contributed by atoms with Gasteiger partial charge in [0.1, 0.15) is 0 Å². The van der Waals surface area contributed by atoms with E-state index in [4.69, 9.17) is 0 Å². The van der Waals surface area contributed by atoms with E-state index in [1.807, 2.05) is 6.92 Å². The lowest BCUT2D eigenvalue weighted by Gasteiger charge is -2.16. The number of nitrogens with zero attached hydrogens (tertiary/aromatic N) is 2. The summed E-state index contributed by atoms with van der Waals surface area (Å²) in [5, 5.41) is 6.51. The molecule has 1 heterocycles. The Morgan fingerprint density at radius 2 is 2.08 bits per heavy atom. The van der Waals surface area contributed by atoms with Gasteiger partial charge in [-0.1, -0.05) is 18.2 Å². The van der Waals surface area contributed by atoms with Crippen LogP contribution in [0.1, 0.15) is 25.3 Å². The highest BCUT2D eigenvalue weighted by Crippen LogP contribution is 2.17. The van der Waals surface area contributed by atoms with Gasteiger partial charge in [-0.25, -0.2) is 9.98 Å². The summed E-state index contributed by atoms with van der Waals surface area (Å²) in [5.74, 6) is 0.658. The third-order valence-electron chi connectivity index (χ3n) is 3.29. The zero-order valence-corrected chi connectivity index (χ0v) is 13.4. The van der Waals surface area contributed by atoms with Crippen molar-refractivity contribution in [1.82, 2.24) is 15.6 Å². The summed E-state index contributed by atoms with van der Waals surface area (Å²) >= 11 is 0. The van der Waals surface area contributed by atoms with Crippen LogP contribution in [0.4, 0.5) is 13.2 Å². The lowest BCUT2D eigenvalue weighted by molar-refractivity contribution is -0.154. The van der Waals surface area contributed by atoms with Crippen LogP contribution in [0, 0.1) is 0 Å². The monoisotopic (exact) mass is 342 g/mol. The molecule has 0 unspecified atom stereocenters. The Morgan fingerprint density at radius 3 is 2.67 bits per heavy atom. The van der Waals surface area contributed by atoms with Gasteiger partial charge in [0.25, 0.3) is 0 Å². The lowest BCUT2D eigenvalue weighted by Crippen LogP contribution is -2.42. The number of halogens is 3. The molecule has 2 rings (SSSR count). The van der Waals surface area contributed by atoms with Gasteiger partial charge in [0, 0.05) is 24.8 Å². The van der Waals surface area contributed by atoms with Crippen LogP contribution in [0.5, 0.6) is 5.88 Å². The van der Waals surface area contributed by atoms with Gasteiger partial charge in [0.05, 0.1) is 6.54 Å². The number of hydrogen-bond donors (Lipinski definition) is 2. The molecule has 24 heavy (non-hydrogen) atoms. The van der Waals surface area contributed by atoms with Crippen LogP contribution in [0.2, 0.25) is 0 Å². The highest BCUT2D eigenvalue weighted by atomic mass is 19.4. The Bertz CT molecular complexity index is 562. The van der Waals surface area contributed by atoms with Crippen LogP contribution in [-0.2, 0) is 6.54 Å². The van der Waals surface area contributed by atoms with E-state index in [1.54, 1.807) is 6.07 Å². The zero-order chi connectivity index (χ0) is 17.4. The molecule has 0 aromatic carbocycles. The number of alkyl halides is 3. The number of pyridine rings is 1. The molecule has 1 aromatic rings. The summed E-state index contributed by atoms with van der Waals surface area (Å²) in [5.41, 5.74) is 0.788. The van der Waals surface area contributed by atoms with E-state index < -0.39 is 12.8 Å². The highest BCUT2D eigenvalue weighted by molar-refractivity contribution is 5.80. The van der Waals surface area contributed by atoms with Gasteiger partial charge < -0.3 is 15.4 Å². The molecule has 5 nitrogen and oxygen atoms in total. The molecule has 0 amide bonds. The summed E-state index contributed by atoms with van der Waals surface area (Å²) in [6.45, 7) is 1.76. The van der Waals surface area contributed by atoms with Crippen molar-refractivity contribution < 1.29 is 17.9 Å². The van der Waals surface area contributed by atoms with Gasteiger partial charge in [-0.15, -0.1) is 0 Å². The number of aliphatic imine (C=N–C) groups is 1. The van der Waals surface area contributed by atoms with E-state index in [9.17, 15) is 13.2 Å². The molecule has 0 saturated carbocycles. The second-order valence-electron chi connectivity index (χ2n) is 5.39. The average molecular weight is 342 g/mol. The van der Waals surface area contributed by atoms with Crippen molar-refractivity contribution in [3.8, 4) is 5.88 Å². The predicted molar refractivity (Wildman–Crippen MR) is 85.9 cm³/mol. The minimum atomic E-state index is -4.37. The molecule has 0 saturated heterocycles. The van der Waals surface area contributed by atoms with Gasteiger partial charge in [-0.05, 0) is 25.3 Å². The Kier molecular flexibility index (Phi) is 6.45. The zero-order valence-electron chi connectivity index (χ0n) is 13.4. The second-order valence-corrected chi connectivity index (χ2v) is 5.39. The van der Waals surface area contributed by atoms with E-state index in [0.29, 0.717) is 18.5 Å². The van der Waals surface area contributed by atoms with Crippen molar-refractivity contribution in [3.05, 3.63) is 36.0 Å². The molecule has 2 N–H and O–H groups in total. The first-order valence-corrected chi connectivity index (χ1v) is 7.80. The number of aromatic nitrogens is 1. The Morgan fingerprint density at radius 1 is 1.33 bits per heavy atom. The van der Waals surface area contributed by atoms with Gasteiger partial charge in [0.15, 0.2) is 12.6 Å². The molecule has 1 aromatic heterocycles. The normalized spacial score (nSPS) is 15.6. The number of guanidine groups is 1. The molecule has 0 bridgehead atoms. The predicted octanol–water partition coefficient (Wildman–Crippen LogP) is 2.80. The molecule has 0 spiro atoms. The maximum atomic E-state index is 12.1. The van der Waals surface area contributed by atoms with E-state index in [1.165, 1.54) is 12.3 Å². The fraction of sp³-hybridized carbons (Fsp3) is 0.500. The summed E-state index contributed by atoms with van der Waals surface area (Å²) in [6.07, 6.45) is 3.30.